The number of ether oxygens (including phenoxy) is 1. The lowest BCUT2D eigenvalue weighted by Crippen LogP contribution is -2.50. The van der Waals surface area contributed by atoms with Crippen LogP contribution in [0.5, 0.6) is 5.75 Å². The number of rotatable bonds is 5. The maximum Gasteiger partial charge on any atom is 0.320 e. The third-order valence-corrected chi connectivity index (χ3v) is 6.52. The second kappa shape index (κ2) is 9.67. The first kappa shape index (κ1) is 22.2. The Balaban J connectivity index is 0.00000245. The molecule has 0 spiro atoms. The van der Waals surface area contributed by atoms with Gasteiger partial charge in [-0.05, 0) is 72.5 Å². The third-order valence-electron chi connectivity index (χ3n) is 6.52. The highest BCUT2D eigenvalue weighted by Crippen LogP contribution is 2.39. The number of tetrazole rings is 1. The van der Waals surface area contributed by atoms with Gasteiger partial charge in [-0.2, -0.15) is 5.21 Å². The fourth-order valence-electron chi connectivity index (χ4n) is 4.89. The average molecular weight is 456 g/mol. The van der Waals surface area contributed by atoms with E-state index in [1.165, 1.54) is 0 Å². The lowest BCUT2D eigenvalue weighted by Gasteiger charge is -2.41. The number of nitrogens with zero attached hydrogens (tertiary/aromatic N) is 3. The maximum absolute atomic E-state index is 11.4. The van der Waals surface area contributed by atoms with Gasteiger partial charge in [-0.3, -0.25) is 4.79 Å². The Morgan fingerprint density at radius 3 is 2.62 bits per heavy atom. The zero-order valence-electron chi connectivity index (χ0n) is 17.5. The standard InChI is InChI=1S/C23H25N5O3.ClH/c29-23(30)20-11-17-10-18(8-6-16(17)13-24-20)31-21-12-15(14-4-2-1-3-5-14)7-9-19(21)22-25-27-28-26-22;/h1-5,7,9,12,16-18,20,24H,6,8,10-11,13H2,(H,29,30)(H,25,26,27,28);1H/t16-,17+,18-,20-;/m0./s1. The van der Waals surface area contributed by atoms with Gasteiger partial charge in [0.2, 0.25) is 5.82 Å². The van der Waals surface area contributed by atoms with Crippen molar-refractivity contribution < 1.29 is 14.6 Å². The summed E-state index contributed by atoms with van der Waals surface area (Å²) in [6, 6.07) is 15.7. The monoisotopic (exact) mass is 455 g/mol. The number of H-pyrrole nitrogens is 1. The number of carboxylic acids is 1. The molecule has 1 aliphatic carbocycles. The number of aromatic amines is 1. The average Bonchev–Trinajstić information content (AvgIpc) is 3.34. The number of carboxylic acid groups (broad SMARTS) is 1. The van der Waals surface area contributed by atoms with E-state index in [-0.39, 0.29) is 18.5 Å². The first-order chi connectivity index (χ1) is 15.2. The van der Waals surface area contributed by atoms with Gasteiger partial charge in [0.15, 0.2) is 0 Å². The summed E-state index contributed by atoms with van der Waals surface area (Å²) in [6.07, 6.45) is 3.52. The number of carbonyl (C=O) groups is 1. The molecule has 1 saturated carbocycles. The fraction of sp³-hybridized carbons (Fsp3) is 0.391. The molecule has 2 heterocycles. The van der Waals surface area contributed by atoms with Crippen molar-refractivity contribution in [2.45, 2.75) is 37.8 Å². The molecule has 2 fully saturated rings. The van der Waals surface area contributed by atoms with Crippen LogP contribution in [-0.4, -0.2) is 50.4 Å². The highest BCUT2D eigenvalue weighted by Gasteiger charge is 2.38. The van der Waals surface area contributed by atoms with Crippen LogP contribution in [0.15, 0.2) is 48.5 Å². The Morgan fingerprint density at radius 1 is 1.03 bits per heavy atom. The van der Waals surface area contributed by atoms with Crippen LogP contribution in [-0.2, 0) is 4.79 Å². The molecule has 3 aromatic rings. The van der Waals surface area contributed by atoms with Crippen molar-refractivity contribution in [1.82, 2.24) is 25.9 Å². The minimum absolute atomic E-state index is 0. The molecule has 32 heavy (non-hydrogen) atoms. The van der Waals surface area contributed by atoms with Crippen molar-refractivity contribution in [2.24, 2.45) is 11.8 Å². The van der Waals surface area contributed by atoms with Crippen LogP contribution in [0.25, 0.3) is 22.5 Å². The Bertz CT molecular complexity index is 1050. The number of nitrogens with one attached hydrogen (secondary N) is 2. The number of aromatic nitrogens is 4. The van der Waals surface area contributed by atoms with Gasteiger partial charge in [0.25, 0.3) is 0 Å². The van der Waals surface area contributed by atoms with Gasteiger partial charge in [-0.1, -0.05) is 36.4 Å². The molecule has 4 atom stereocenters. The normalized spacial score (nSPS) is 24.8. The number of halogens is 1. The molecule has 2 aliphatic rings. The van der Waals surface area contributed by atoms with Crippen molar-refractivity contribution in [3.8, 4) is 28.3 Å². The Labute approximate surface area is 192 Å². The van der Waals surface area contributed by atoms with E-state index in [1.807, 2.05) is 36.4 Å². The van der Waals surface area contributed by atoms with E-state index in [2.05, 4.69) is 38.1 Å². The summed E-state index contributed by atoms with van der Waals surface area (Å²) in [5, 5.41) is 27.0. The van der Waals surface area contributed by atoms with Crippen molar-refractivity contribution in [3.05, 3.63) is 48.5 Å². The number of aliphatic carboxylic acids is 1. The predicted octanol–water partition coefficient (Wildman–Crippen LogP) is 3.57. The van der Waals surface area contributed by atoms with Crippen LogP contribution < -0.4 is 10.1 Å². The van der Waals surface area contributed by atoms with Gasteiger partial charge in [0, 0.05) is 0 Å². The molecular weight excluding hydrogens is 430 g/mol. The molecule has 0 unspecified atom stereocenters. The first-order valence-corrected chi connectivity index (χ1v) is 10.7. The molecule has 0 amide bonds. The maximum atomic E-state index is 11.4. The summed E-state index contributed by atoms with van der Waals surface area (Å²) in [5.74, 6) is 1.33. The van der Waals surface area contributed by atoms with E-state index < -0.39 is 12.0 Å². The summed E-state index contributed by atoms with van der Waals surface area (Å²) >= 11 is 0. The molecule has 1 aromatic heterocycles. The molecule has 0 radical (unpaired) electrons. The van der Waals surface area contributed by atoms with E-state index in [1.54, 1.807) is 0 Å². The van der Waals surface area contributed by atoms with E-state index in [0.717, 1.165) is 48.2 Å². The lowest BCUT2D eigenvalue weighted by molar-refractivity contribution is -0.141. The zero-order chi connectivity index (χ0) is 21.2. The van der Waals surface area contributed by atoms with Crippen LogP contribution in [0.4, 0.5) is 0 Å². The van der Waals surface area contributed by atoms with Crippen molar-refractivity contribution in [2.75, 3.05) is 6.54 Å². The third kappa shape index (κ3) is 4.61. The van der Waals surface area contributed by atoms with Gasteiger partial charge >= 0.3 is 5.97 Å². The summed E-state index contributed by atoms with van der Waals surface area (Å²) in [4.78, 5) is 11.4. The molecule has 1 saturated heterocycles. The van der Waals surface area contributed by atoms with Crippen LogP contribution in [0.3, 0.4) is 0 Å². The SMILES string of the molecule is Cl.O=C(O)[C@@H]1C[C@H]2C[C@@H](Oc3cc(-c4ccccc4)ccc3-c3nn[nH]n3)CC[C@H]2CN1. The molecular formula is C23H26ClN5O3. The van der Waals surface area contributed by atoms with Crippen molar-refractivity contribution in [3.63, 3.8) is 0 Å². The molecule has 168 valence electrons. The topological polar surface area (TPSA) is 113 Å². The highest BCUT2D eigenvalue weighted by atomic mass is 35.5. The minimum atomic E-state index is -0.767. The number of benzene rings is 2. The molecule has 0 bridgehead atoms. The summed E-state index contributed by atoms with van der Waals surface area (Å²) in [7, 11) is 0. The van der Waals surface area contributed by atoms with Crippen molar-refractivity contribution >= 4 is 18.4 Å². The molecule has 3 N–H and O–H groups in total. The van der Waals surface area contributed by atoms with Crippen LogP contribution in [0.1, 0.15) is 25.7 Å². The second-order valence-corrected chi connectivity index (χ2v) is 8.42. The number of hydrogen-bond acceptors (Lipinski definition) is 6. The summed E-state index contributed by atoms with van der Waals surface area (Å²) in [6.45, 7) is 0.770. The van der Waals surface area contributed by atoms with E-state index in [9.17, 15) is 9.90 Å². The molecule has 1 aliphatic heterocycles. The quantitative estimate of drug-likeness (QED) is 0.539. The zero-order valence-corrected chi connectivity index (χ0v) is 18.3. The molecule has 2 aromatic carbocycles. The number of fused-ring (bicyclic) bond motifs is 1. The Kier molecular flexibility index (Phi) is 6.72. The Morgan fingerprint density at radius 2 is 1.88 bits per heavy atom. The van der Waals surface area contributed by atoms with Gasteiger partial charge in [-0.25, -0.2) is 0 Å². The minimum Gasteiger partial charge on any atom is -0.490 e. The molecule has 9 heteroatoms. The van der Waals surface area contributed by atoms with Gasteiger partial charge in [0.1, 0.15) is 11.8 Å². The highest BCUT2D eigenvalue weighted by molar-refractivity contribution is 5.85. The van der Waals surface area contributed by atoms with Gasteiger partial charge in [-0.15, -0.1) is 22.6 Å². The van der Waals surface area contributed by atoms with Crippen LogP contribution in [0, 0.1) is 11.8 Å². The number of piperidine rings is 1. The smallest absolute Gasteiger partial charge is 0.320 e. The lowest BCUT2D eigenvalue weighted by atomic mass is 9.72. The van der Waals surface area contributed by atoms with E-state index in [4.69, 9.17) is 4.74 Å². The predicted molar refractivity (Wildman–Crippen MR) is 122 cm³/mol. The van der Waals surface area contributed by atoms with Crippen molar-refractivity contribution in [1.29, 1.82) is 0 Å². The molecule has 5 rings (SSSR count). The fourth-order valence-corrected chi connectivity index (χ4v) is 4.89. The van der Waals surface area contributed by atoms with E-state index in [0.29, 0.717) is 24.1 Å². The molecule has 8 nitrogen and oxygen atoms in total. The number of hydrogen-bond donors (Lipinski definition) is 3. The first-order valence-electron chi connectivity index (χ1n) is 10.7. The summed E-state index contributed by atoms with van der Waals surface area (Å²) < 4.78 is 6.53. The second-order valence-electron chi connectivity index (χ2n) is 8.42. The van der Waals surface area contributed by atoms with Crippen LogP contribution in [0.2, 0.25) is 0 Å². The van der Waals surface area contributed by atoms with E-state index >= 15 is 0 Å². The largest absolute Gasteiger partial charge is 0.490 e. The Hall–Kier alpha value is -2.97. The van der Waals surface area contributed by atoms with Crippen LogP contribution >= 0.6 is 12.4 Å². The van der Waals surface area contributed by atoms with Gasteiger partial charge in [0.05, 0.1) is 11.7 Å². The summed E-state index contributed by atoms with van der Waals surface area (Å²) in [5.41, 5.74) is 2.96. The van der Waals surface area contributed by atoms with Gasteiger partial charge < -0.3 is 15.2 Å².